The molecule has 0 bridgehead atoms. The second-order valence-corrected chi connectivity index (χ2v) is 12.3. The van der Waals surface area contributed by atoms with E-state index in [4.69, 9.17) is 9.47 Å². The molecular formula is C34H58Br2N2O2. The average Bonchev–Trinajstić information content (AvgIpc) is 2.90. The van der Waals surface area contributed by atoms with Gasteiger partial charge in [0.1, 0.15) is 11.5 Å². The lowest BCUT2D eigenvalue weighted by Crippen LogP contribution is -3.00. The van der Waals surface area contributed by atoms with Gasteiger partial charge in [-0.2, -0.15) is 0 Å². The molecule has 0 aromatic heterocycles. The van der Waals surface area contributed by atoms with Gasteiger partial charge in [-0.3, -0.25) is 0 Å². The number of hydrogen-bond acceptors (Lipinski definition) is 2. The quantitative estimate of drug-likeness (QED) is 0.148. The maximum absolute atomic E-state index is 6.15. The molecule has 0 N–H and O–H groups in total. The molecule has 0 aliphatic carbocycles. The Morgan fingerprint density at radius 3 is 1.25 bits per heavy atom. The third kappa shape index (κ3) is 17.0. The summed E-state index contributed by atoms with van der Waals surface area (Å²) >= 11 is 0. The molecule has 0 unspecified atom stereocenters. The van der Waals surface area contributed by atoms with Crippen LogP contribution in [0.25, 0.3) is 11.1 Å². The van der Waals surface area contributed by atoms with Crippen LogP contribution in [0.5, 0.6) is 11.5 Å². The summed E-state index contributed by atoms with van der Waals surface area (Å²) in [7, 11) is 9.37. The molecule has 6 heteroatoms. The van der Waals surface area contributed by atoms with E-state index >= 15 is 0 Å². The van der Waals surface area contributed by atoms with Crippen molar-refractivity contribution in [3.8, 4) is 22.6 Å². The first-order chi connectivity index (χ1) is 18.2. The lowest BCUT2D eigenvalue weighted by Gasteiger charge is -2.30. The van der Waals surface area contributed by atoms with E-state index in [0.717, 1.165) is 59.6 Å². The molecule has 0 saturated heterocycles. The number of ether oxygens (including phenoxy) is 2. The van der Waals surface area contributed by atoms with Gasteiger partial charge >= 0.3 is 0 Å². The van der Waals surface area contributed by atoms with Gasteiger partial charge in [0.05, 0.1) is 67.6 Å². The predicted molar refractivity (Wildman–Crippen MR) is 164 cm³/mol. The lowest BCUT2D eigenvalue weighted by atomic mass is 10.1. The summed E-state index contributed by atoms with van der Waals surface area (Å²) in [6.45, 7) is 10.9. The van der Waals surface area contributed by atoms with Gasteiger partial charge in [-0.15, -0.1) is 0 Å². The summed E-state index contributed by atoms with van der Waals surface area (Å²) in [6.07, 6.45) is 12.8. The number of unbranched alkanes of at least 4 members (excludes halogenated alkanes) is 6. The van der Waals surface area contributed by atoms with E-state index in [2.05, 4.69) is 90.6 Å². The van der Waals surface area contributed by atoms with Crippen molar-refractivity contribution in [3.63, 3.8) is 0 Å². The molecule has 0 saturated carbocycles. The first-order valence-corrected chi connectivity index (χ1v) is 15.3. The predicted octanol–water partition coefficient (Wildman–Crippen LogP) is 2.21. The van der Waals surface area contributed by atoms with Crippen LogP contribution in [0.15, 0.2) is 48.5 Å². The topological polar surface area (TPSA) is 18.5 Å². The molecule has 0 atom stereocenters. The van der Waals surface area contributed by atoms with Gasteiger partial charge in [0.15, 0.2) is 0 Å². The monoisotopic (exact) mass is 684 g/mol. The minimum Gasteiger partial charge on any atom is -1.00 e. The van der Waals surface area contributed by atoms with E-state index in [1.54, 1.807) is 0 Å². The third-order valence-electron chi connectivity index (χ3n) is 7.59. The Hall–Kier alpha value is -1.08. The molecule has 0 fully saturated rings. The van der Waals surface area contributed by atoms with Crippen molar-refractivity contribution in [1.82, 2.24) is 0 Å². The Kier molecular flexibility index (Phi) is 21.0. The summed E-state index contributed by atoms with van der Waals surface area (Å²) in [5.41, 5.74) is 2.34. The molecule has 2 aromatic rings. The Balaban J connectivity index is 0.00000760. The second kappa shape index (κ2) is 21.6. The van der Waals surface area contributed by atoms with Gasteiger partial charge < -0.3 is 52.4 Å². The fourth-order valence-electron chi connectivity index (χ4n) is 5.05. The zero-order valence-corrected chi connectivity index (χ0v) is 29.6. The van der Waals surface area contributed by atoms with E-state index in [9.17, 15) is 0 Å². The average molecular weight is 687 g/mol. The molecule has 0 heterocycles. The molecule has 230 valence electrons. The lowest BCUT2D eigenvalue weighted by molar-refractivity contribution is -0.890. The number of hydrogen-bond donors (Lipinski definition) is 0. The molecule has 2 aromatic carbocycles. The van der Waals surface area contributed by atoms with Crippen LogP contribution in [0.1, 0.15) is 78.1 Å². The smallest absolute Gasteiger partial charge is 0.119 e. The summed E-state index contributed by atoms with van der Waals surface area (Å²) in [6, 6.07) is 16.9. The van der Waals surface area contributed by atoms with Crippen molar-refractivity contribution in [3.05, 3.63) is 48.5 Å². The number of nitrogens with zero attached hydrogens (tertiary/aromatic N) is 2. The highest BCUT2D eigenvalue weighted by Gasteiger charge is 2.15. The fraction of sp³-hybridized carbons (Fsp3) is 0.647. The molecule has 2 rings (SSSR count). The Labute approximate surface area is 268 Å². The van der Waals surface area contributed by atoms with Gasteiger partial charge in [0.25, 0.3) is 0 Å². The van der Waals surface area contributed by atoms with Crippen molar-refractivity contribution >= 4 is 0 Å². The number of halogens is 2. The van der Waals surface area contributed by atoms with Crippen LogP contribution in [0.4, 0.5) is 0 Å². The van der Waals surface area contributed by atoms with Gasteiger partial charge in [-0.25, -0.2) is 0 Å². The van der Waals surface area contributed by atoms with Crippen molar-refractivity contribution in [1.29, 1.82) is 0 Å². The van der Waals surface area contributed by atoms with Crippen LogP contribution in [0.3, 0.4) is 0 Å². The minimum absolute atomic E-state index is 0. The number of rotatable bonds is 21. The summed E-state index contributed by atoms with van der Waals surface area (Å²) < 4.78 is 14.5. The highest BCUT2D eigenvalue weighted by atomic mass is 79.9. The highest BCUT2D eigenvalue weighted by Crippen LogP contribution is 2.27. The maximum atomic E-state index is 6.15. The molecule has 0 radical (unpaired) electrons. The molecule has 0 amide bonds. The summed E-state index contributed by atoms with van der Waals surface area (Å²) in [5.74, 6) is 1.89. The van der Waals surface area contributed by atoms with Crippen LogP contribution in [0.2, 0.25) is 0 Å². The van der Waals surface area contributed by atoms with E-state index in [0.29, 0.717) is 0 Å². The van der Waals surface area contributed by atoms with Gasteiger partial charge in [0.2, 0.25) is 0 Å². The standard InChI is InChI=1S/C34H58N2O2.2BrH/c1-7-9-11-13-23-35(3,4)25-17-27-37-33-21-15-19-31(29-33)32-20-16-22-34(30-32)38-28-18-26-36(5,6)24-14-12-10-8-2;;/h15-16,19-22,29-30H,7-14,17-18,23-28H2,1-6H3;2*1H/q+2;;/p-2. The molecule has 4 nitrogen and oxygen atoms in total. The number of benzene rings is 2. The van der Waals surface area contributed by atoms with Gasteiger partial charge in [-0.1, -0.05) is 63.8 Å². The van der Waals surface area contributed by atoms with Crippen LogP contribution in [0, 0.1) is 0 Å². The molecule has 0 aliphatic heterocycles. The zero-order valence-electron chi connectivity index (χ0n) is 26.4. The minimum atomic E-state index is 0. The molecule has 0 spiro atoms. The van der Waals surface area contributed by atoms with Crippen LogP contribution in [-0.2, 0) is 0 Å². The maximum Gasteiger partial charge on any atom is 0.119 e. The molecule has 40 heavy (non-hydrogen) atoms. The van der Waals surface area contributed by atoms with E-state index in [1.165, 1.54) is 75.6 Å². The van der Waals surface area contributed by atoms with Crippen LogP contribution < -0.4 is 43.4 Å². The van der Waals surface area contributed by atoms with E-state index in [-0.39, 0.29) is 34.0 Å². The summed E-state index contributed by atoms with van der Waals surface area (Å²) in [5, 5.41) is 0. The van der Waals surface area contributed by atoms with Gasteiger partial charge in [-0.05, 0) is 61.1 Å². The number of quaternary nitrogens is 2. The van der Waals surface area contributed by atoms with Crippen LogP contribution in [-0.4, -0.2) is 76.5 Å². The van der Waals surface area contributed by atoms with Crippen molar-refractivity contribution in [2.24, 2.45) is 0 Å². The van der Waals surface area contributed by atoms with Crippen molar-refractivity contribution < 1.29 is 52.4 Å². The van der Waals surface area contributed by atoms with E-state index < -0.39 is 0 Å². The van der Waals surface area contributed by atoms with Crippen molar-refractivity contribution in [2.75, 3.05) is 67.6 Å². The SMILES string of the molecule is CCCCCC[N+](C)(C)CCCOc1cccc(-c2cccc(OCCC[N+](C)(C)CCCCCC)c2)c1.[Br-].[Br-]. The zero-order chi connectivity index (χ0) is 27.7. The normalized spacial score (nSPS) is 11.4. The highest BCUT2D eigenvalue weighted by molar-refractivity contribution is 5.66. The Morgan fingerprint density at radius 1 is 0.500 bits per heavy atom. The second-order valence-electron chi connectivity index (χ2n) is 12.3. The largest absolute Gasteiger partial charge is 1.00 e. The van der Waals surface area contributed by atoms with Crippen LogP contribution >= 0.6 is 0 Å². The van der Waals surface area contributed by atoms with E-state index in [1.807, 2.05) is 0 Å². The first kappa shape index (κ1) is 38.9. The fourth-order valence-corrected chi connectivity index (χ4v) is 5.05. The van der Waals surface area contributed by atoms with Gasteiger partial charge in [0, 0.05) is 12.8 Å². The first-order valence-electron chi connectivity index (χ1n) is 15.3. The molecular weight excluding hydrogens is 628 g/mol. The third-order valence-corrected chi connectivity index (χ3v) is 7.59. The molecule has 0 aliphatic rings. The Bertz CT molecular complexity index is 832. The Morgan fingerprint density at radius 2 is 0.875 bits per heavy atom. The van der Waals surface area contributed by atoms with Crippen molar-refractivity contribution in [2.45, 2.75) is 78.1 Å². The summed E-state index contributed by atoms with van der Waals surface area (Å²) in [4.78, 5) is 0.